The van der Waals surface area contributed by atoms with Gasteiger partial charge in [-0.3, -0.25) is 0 Å². The molecule has 188 valence electrons. The number of hydrogen-bond donors (Lipinski definition) is 0. The van der Waals surface area contributed by atoms with E-state index in [1.165, 1.54) is 0 Å². The normalized spacial score (nSPS) is 15.5. The van der Waals surface area contributed by atoms with Crippen LogP contribution in [0, 0.1) is 0 Å². The molecule has 0 aliphatic heterocycles. The molecule has 0 radical (unpaired) electrons. The Morgan fingerprint density at radius 3 is 1.68 bits per heavy atom. The Hall–Kier alpha value is 0.190. The maximum atomic E-state index is 6.35. The third-order valence-corrected chi connectivity index (χ3v) is 6.29. The molecule has 0 aromatic heterocycles. The van der Waals surface area contributed by atoms with Crippen LogP contribution in [0.4, 0.5) is 0 Å². The number of ether oxygens (including phenoxy) is 3. The second kappa shape index (κ2) is 15.2. The minimum Gasteiger partial charge on any atom is -0.375 e. The van der Waals surface area contributed by atoms with E-state index in [9.17, 15) is 0 Å². The zero-order valence-electron chi connectivity index (χ0n) is 22.2. The fraction of sp³-hybridized carbons (Fsp3) is 1.00. The van der Waals surface area contributed by atoms with E-state index in [1.54, 1.807) is 0 Å². The Morgan fingerprint density at radius 1 is 0.645 bits per heavy atom. The molecule has 0 N–H and O–H groups in total. The molecule has 31 heavy (non-hydrogen) atoms. The van der Waals surface area contributed by atoms with Gasteiger partial charge in [0.05, 0.1) is 55.4 Å². The van der Waals surface area contributed by atoms with Gasteiger partial charge in [0.25, 0.3) is 0 Å². The van der Waals surface area contributed by atoms with E-state index in [2.05, 4.69) is 62.3 Å². The molecular weight excluding hydrogens is 415 g/mol. The molecule has 0 rings (SSSR count). The van der Waals surface area contributed by atoms with Crippen LogP contribution in [-0.4, -0.2) is 55.4 Å². The van der Waals surface area contributed by atoms with Crippen molar-refractivity contribution in [1.82, 2.24) is 0 Å². The highest BCUT2D eigenvalue weighted by Crippen LogP contribution is 2.39. The molecule has 0 saturated carbocycles. The van der Waals surface area contributed by atoms with Crippen LogP contribution in [0.1, 0.15) is 102 Å². The van der Waals surface area contributed by atoms with E-state index in [0.29, 0.717) is 26.4 Å². The summed E-state index contributed by atoms with van der Waals surface area (Å²) in [4.78, 5) is 0. The SMILES string of the molecule is CCOP(OCC)OCCC(C)(C)OCCC(C)(C)OC(C)CC(C)(C)OC(C)CC. The summed E-state index contributed by atoms with van der Waals surface area (Å²) in [7, 11) is -1.26. The number of rotatable bonds is 19. The van der Waals surface area contributed by atoms with E-state index >= 15 is 0 Å². The zero-order chi connectivity index (χ0) is 24.1. The smallest absolute Gasteiger partial charge is 0.332 e. The molecule has 0 saturated heterocycles. The monoisotopic (exact) mass is 466 g/mol. The van der Waals surface area contributed by atoms with E-state index in [4.69, 9.17) is 27.8 Å². The summed E-state index contributed by atoms with van der Waals surface area (Å²) in [5, 5.41) is 0. The van der Waals surface area contributed by atoms with Crippen molar-refractivity contribution in [2.24, 2.45) is 0 Å². The first kappa shape index (κ1) is 31.2. The van der Waals surface area contributed by atoms with Crippen molar-refractivity contribution in [2.75, 3.05) is 26.4 Å². The maximum absolute atomic E-state index is 6.35. The van der Waals surface area contributed by atoms with Gasteiger partial charge in [-0.05, 0) is 88.5 Å². The van der Waals surface area contributed by atoms with Crippen molar-refractivity contribution in [2.45, 2.75) is 131 Å². The quantitative estimate of drug-likeness (QED) is 0.190. The highest BCUT2D eigenvalue weighted by molar-refractivity contribution is 7.41. The molecule has 6 nitrogen and oxygen atoms in total. The molecule has 0 amide bonds. The molecule has 0 aliphatic rings. The first-order valence-corrected chi connectivity index (χ1v) is 13.0. The van der Waals surface area contributed by atoms with Crippen LogP contribution in [0.5, 0.6) is 0 Å². The van der Waals surface area contributed by atoms with Crippen LogP contribution in [-0.2, 0) is 27.8 Å². The van der Waals surface area contributed by atoms with Crippen molar-refractivity contribution in [3.8, 4) is 0 Å². The molecule has 0 spiro atoms. The van der Waals surface area contributed by atoms with Crippen molar-refractivity contribution in [3.05, 3.63) is 0 Å². The van der Waals surface area contributed by atoms with E-state index in [1.807, 2.05) is 13.8 Å². The molecule has 7 heteroatoms. The predicted molar refractivity (Wildman–Crippen MR) is 130 cm³/mol. The standard InChI is InChI=1S/C24H51O6P/c1-12-20(4)29-24(10,11)19-21(5)30-23(8,9)15-17-25-22(6,7)16-18-28-31(26-13-2)27-14-3/h20-21H,12-19H2,1-11H3. The molecular formula is C24H51O6P. The van der Waals surface area contributed by atoms with Crippen LogP contribution < -0.4 is 0 Å². The van der Waals surface area contributed by atoms with Crippen LogP contribution in [0.3, 0.4) is 0 Å². The average Bonchev–Trinajstić information content (AvgIpc) is 2.59. The molecule has 0 aromatic rings. The van der Waals surface area contributed by atoms with Crippen LogP contribution >= 0.6 is 8.60 Å². The zero-order valence-corrected chi connectivity index (χ0v) is 23.1. The van der Waals surface area contributed by atoms with Crippen molar-refractivity contribution < 1.29 is 27.8 Å². The summed E-state index contributed by atoms with van der Waals surface area (Å²) in [6.07, 6.45) is 3.82. The second-order valence-corrected chi connectivity index (χ2v) is 11.2. The van der Waals surface area contributed by atoms with E-state index in [0.717, 1.165) is 25.7 Å². The molecule has 0 heterocycles. The maximum Gasteiger partial charge on any atom is 0.332 e. The lowest BCUT2D eigenvalue weighted by atomic mass is 9.99. The highest BCUT2D eigenvalue weighted by Gasteiger charge is 2.29. The Bertz CT molecular complexity index is 449. The topological polar surface area (TPSA) is 55.4 Å². The van der Waals surface area contributed by atoms with Crippen molar-refractivity contribution >= 4 is 8.60 Å². The first-order chi connectivity index (χ1) is 14.3. The van der Waals surface area contributed by atoms with E-state index in [-0.39, 0.29) is 29.0 Å². The third-order valence-electron chi connectivity index (χ3n) is 4.96. The van der Waals surface area contributed by atoms with Gasteiger partial charge < -0.3 is 27.8 Å². The molecule has 0 fully saturated rings. The predicted octanol–water partition coefficient (Wildman–Crippen LogP) is 7.05. The minimum atomic E-state index is -1.26. The van der Waals surface area contributed by atoms with Gasteiger partial charge in [0, 0.05) is 6.42 Å². The van der Waals surface area contributed by atoms with Gasteiger partial charge in [0.2, 0.25) is 0 Å². The molecule has 0 aromatic carbocycles. The lowest BCUT2D eigenvalue weighted by Gasteiger charge is -2.36. The van der Waals surface area contributed by atoms with Gasteiger partial charge in [0.15, 0.2) is 0 Å². The summed E-state index contributed by atoms with van der Waals surface area (Å²) in [6.45, 7) is 25.3. The Labute approximate surface area is 194 Å². The van der Waals surface area contributed by atoms with Gasteiger partial charge in [-0.1, -0.05) is 6.92 Å². The van der Waals surface area contributed by atoms with Gasteiger partial charge in [-0.15, -0.1) is 0 Å². The van der Waals surface area contributed by atoms with Gasteiger partial charge in [-0.2, -0.15) is 0 Å². The minimum absolute atomic E-state index is 0.104. The second-order valence-electron chi connectivity index (χ2n) is 9.99. The number of hydrogen-bond acceptors (Lipinski definition) is 6. The van der Waals surface area contributed by atoms with Gasteiger partial charge >= 0.3 is 8.60 Å². The first-order valence-electron chi connectivity index (χ1n) is 11.9. The Balaban J connectivity index is 4.35. The highest BCUT2D eigenvalue weighted by atomic mass is 31.2. The van der Waals surface area contributed by atoms with E-state index < -0.39 is 8.60 Å². The summed E-state index contributed by atoms with van der Waals surface area (Å²) < 4.78 is 35.4. The fourth-order valence-electron chi connectivity index (χ4n) is 3.35. The summed E-state index contributed by atoms with van der Waals surface area (Å²) in [6, 6.07) is 0. The molecule has 2 unspecified atom stereocenters. The van der Waals surface area contributed by atoms with Crippen molar-refractivity contribution in [3.63, 3.8) is 0 Å². The van der Waals surface area contributed by atoms with Crippen LogP contribution in [0.2, 0.25) is 0 Å². The third kappa shape index (κ3) is 16.4. The lowest BCUT2D eigenvalue weighted by Crippen LogP contribution is -2.38. The lowest BCUT2D eigenvalue weighted by molar-refractivity contribution is -0.134. The van der Waals surface area contributed by atoms with Gasteiger partial charge in [-0.25, -0.2) is 0 Å². The Kier molecular flexibility index (Phi) is 15.3. The van der Waals surface area contributed by atoms with Crippen molar-refractivity contribution in [1.29, 1.82) is 0 Å². The molecule has 0 bridgehead atoms. The largest absolute Gasteiger partial charge is 0.375 e. The van der Waals surface area contributed by atoms with Gasteiger partial charge in [0.1, 0.15) is 0 Å². The summed E-state index contributed by atoms with van der Waals surface area (Å²) in [5.74, 6) is 0. The fourth-order valence-corrected chi connectivity index (χ4v) is 4.23. The summed E-state index contributed by atoms with van der Waals surface area (Å²) >= 11 is 0. The average molecular weight is 467 g/mol. The Morgan fingerprint density at radius 2 is 1.16 bits per heavy atom. The molecule has 0 aliphatic carbocycles. The van der Waals surface area contributed by atoms with Crippen LogP contribution in [0.15, 0.2) is 0 Å². The molecule has 2 atom stereocenters. The summed E-state index contributed by atoms with van der Waals surface area (Å²) in [5.41, 5.74) is -0.754. The van der Waals surface area contributed by atoms with Crippen LogP contribution in [0.25, 0.3) is 0 Å².